The van der Waals surface area contributed by atoms with Crippen molar-refractivity contribution in [3.8, 4) is 11.5 Å². The maximum atomic E-state index is 10.8. The third kappa shape index (κ3) is 1.72. The molecule has 5 unspecified atom stereocenters. The Morgan fingerprint density at radius 1 is 1.31 bits per heavy atom. The minimum absolute atomic E-state index is 0.0470. The lowest BCUT2D eigenvalue weighted by atomic mass is 9.59. The summed E-state index contributed by atoms with van der Waals surface area (Å²) in [7, 11) is 1.71. The molecule has 0 radical (unpaired) electrons. The number of aliphatic hydroxyl groups is 1. The zero-order chi connectivity index (χ0) is 17.7. The number of fused-ring (bicyclic) bond motifs is 1. The molecule has 1 spiro atoms. The average molecular weight is 354 g/mol. The number of nitrogens with zero attached hydrogens (tertiary/aromatic N) is 1. The molecule has 0 aromatic heterocycles. The van der Waals surface area contributed by atoms with Crippen LogP contribution in [0.25, 0.3) is 0 Å². The second-order valence-electron chi connectivity index (χ2n) is 9.50. The van der Waals surface area contributed by atoms with Gasteiger partial charge in [0.15, 0.2) is 17.0 Å². The Bertz CT molecular complexity index is 816. The molecule has 26 heavy (non-hydrogen) atoms. The molecule has 1 aliphatic heterocycles. The van der Waals surface area contributed by atoms with E-state index in [0.717, 1.165) is 49.6 Å². The van der Waals surface area contributed by atoms with Crippen molar-refractivity contribution in [1.29, 1.82) is 0 Å². The highest BCUT2D eigenvalue weighted by atomic mass is 16.5. The van der Waals surface area contributed by atoms with Crippen molar-refractivity contribution >= 4 is 6.72 Å². The van der Waals surface area contributed by atoms with E-state index < -0.39 is 0 Å². The highest BCUT2D eigenvalue weighted by molar-refractivity contribution is 5.62. The van der Waals surface area contributed by atoms with Gasteiger partial charge in [0, 0.05) is 36.2 Å². The maximum absolute atomic E-state index is 10.8. The third-order valence-corrected chi connectivity index (χ3v) is 8.15. The van der Waals surface area contributed by atoms with E-state index in [4.69, 9.17) is 9.47 Å². The molecule has 1 aromatic rings. The number of methoxy groups -OCH3 is 1. The van der Waals surface area contributed by atoms with Crippen molar-refractivity contribution in [2.45, 2.75) is 68.1 Å². The Balaban J connectivity index is 1.54. The fraction of sp³-hybridized carbons (Fsp3) is 0.682. The van der Waals surface area contributed by atoms with Gasteiger partial charge in [-0.15, -0.1) is 0 Å². The van der Waals surface area contributed by atoms with Crippen molar-refractivity contribution in [1.82, 2.24) is 0 Å². The standard InChI is InChI=1S/C22H28NO3/c1-23(11-13-3-4-13)21-9-14-5-8-17(25-2)19-18(14)22(12-21)15(10-21)6-7-16(24)20(22)26-19/h5,8,13,15-16,20,24H,1,3-4,6-7,9-12H2,2H3/q+1. The summed E-state index contributed by atoms with van der Waals surface area (Å²) in [4.78, 5) is 0. The molecular weight excluding hydrogens is 326 g/mol. The van der Waals surface area contributed by atoms with Crippen LogP contribution in [-0.2, 0) is 11.8 Å². The van der Waals surface area contributed by atoms with Crippen LogP contribution in [0, 0.1) is 11.8 Å². The molecule has 1 heterocycles. The van der Waals surface area contributed by atoms with Crippen LogP contribution in [0.3, 0.4) is 0 Å². The molecule has 138 valence electrons. The first-order valence-corrected chi connectivity index (χ1v) is 10.2. The summed E-state index contributed by atoms with van der Waals surface area (Å²) >= 11 is 0. The summed E-state index contributed by atoms with van der Waals surface area (Å²) in [6.45, 7) is 5.66. The summed E-state index contributed by atoms with van der Waals surface area (Å²) in [5.41, 5.74) is 2.84. The minimum atomic E-state index is -0.383. The van der Waals surface area contributed by atoms with E-state index in [1.807, 2.05) is 0 Å². The largest absolute Gasteiger partial charge is 0.493 e. The number of benzene rings is 1. The Labute approximate surface area is 154 Å². The molecule has 0 amide bonds. The van der Waals surface area contributed by atoms with E-state index in [2.05, 4.69) is 23.4 Å². The number of ether oxygens (including phenoxy) is 2. The van der Waals surface area contributed by atoms with Crippen molar-refractivity contribution in [2.75, 3.05) is 13.7 Å². The smallest absolute Gasteiger partial charge is 0.167 e. The summed E-state index contributed by atoms with van der Waals surface area (Å²) in [6, 6.07) is 4.30. The third-order valence-electron chi connectivity index (χ3n) is 8.15. The molecule has 4 nitrogen and oxygen atoms in total. The lowest BCUT2D eigenvalue weighted by Gasteiger charge is -2.44. The average Bonchev–Trinajstić information content (AvgIpc) is 3.30. The summed E-state index contributed by atoms with van der Waals surface area (Å²) in [5, 5.41) is 10.8. The predicted molar refractivity (Wildman–Crippen MR) is 98.5 cm³/mol. The van der Waals surface area contributed by atoms with E-state index in [-0.39, 0.29) is 23.2 Å². The number of aliphatic hydroxyl groups excluding tert-OH is 1. The lowest BCUT2D eigenvalue weighted by molar-refractivity contribution is -0.605. The van der Waals surface area contributed by atoms with Gasteiger partial charge in [-0.2, -0.15) is 0 Å². The molecule has 1 aromatic carbocycles. The first-order chi connectivity index (χ1) is 12.6. The second kappa shape index (κ2) is 4.83. The van der Waals surface area contributed by atoms with E-state index in [0.29, 0.717) is 5.92 Å². The van der Waals surface area contributed by atoms with Crippen LogP contribution in [0.15, 0.2) is 12.1 Å². The first kappa shape index (κ1) is 15.5. The summed E-state index contributed by atoms with van der Waals surface area (Å²) in [5.74, 6) is 3.15. The molecule has 4 heteroatoms. The highest BCUT2D eigenvalue weighted by Crippen LogP contribution is 2.68. The molecule has 2 bridgehead atoms. The van der Waals surface area contributed by atoms with E-state index >= 15 is 0 Å². The van der Waals surface area contributed by atoms with Gasteiger partial charge >= 0.3 is 0 Å². The van der Waals surface area contributed by atoms with E-state index in [1.54, 1.807) is 7.11 Å². The SMILES string of the molecule is C=[N+](CC1CC1)C12Cc3ccc(OC)c4c3C3(C1)C(CCC(O)C3O4)C2. The molecule has 0 saturated heterocycles. The van der Waals surface area contributed by atoms with Crippen LogP contribution in [0.4, 0.5) is 0 Å². The van der Waals surface area contributed by atoms with Gasteiger partial charge in [-0.1, -0.05) is 6.07 Å². The van der Waals surface area contributed by atoms with Crippen LogP contribution in [0.1, 0.15) is 49.7 Å². The second-order valence-corrected chi connectivity index (χ2v) is 9.50. The minimum Gasteiger partial charge on any atom is -0.493 e. The van der Waals surface area contributed by atoms with Gasteiger partial charge < -0.3 is 14.6 Å². The Morgan fingerprint density at radius 2 is 2.15 bits per heavy atom. The van der Waals surface area contributed by atoms with Gasteiger partial charge in [0.2, 0.25) is 0 Å². The topological polar surface area (TPSA) is 41.7 Å². The molecule has 6 rings (SSSR count). The molecule has 3 saturated carbocycles. The van der Waals surface area contributed by atoms with Crippen molar-refractivity contribution in [3.63, 3.8) is 0 Å². The van der Waals surface area contributed by atoms with Crippen LogP contribution < -0.4 is 9.47 Å². The fourth-order valence-corrected chi connectivity index (χ4v) is 6.89. The number of hydrogen-bond donors (Lipinski definition) is 1. The molecule has 5 aliphatic rings. The van der Waals surface area contributed by atoms with Crippen LogP contribution in [-0.4, -0.2) is 47.8 Å². The van der Waals surface area contributed by atoms with Gasteiger partial charge in [-0.25, -0.2) is 4.58 Å². The highest BCUT2D eigenvalue weighted by Gasteiger charge is 2.72. The zero-order valence-corrected chi connectivity index (χ0v) is 15.5. The monoisotopic (exact) mass is 354 g/mol. The first-order valence-electron chi connectivity index (χ1n) is 10.2. The quantitative estimate of drug-likeness (QED) is 0.668. The zero-order valence-electron chi connectivity index (χ0n) is 15.5. The molecule has 4 aliphatic carbocycles. The Morgan fingerprint density at radius 3 is 2.92 bits per heavy atom. The molecule has 5 atom stereocenters. The van der Waals surface area contributed by atoms with E-state index in [9.17, 15) is 5.11 Å². The van der Waals surface area contributed by atoms with Crippen LogP contribution in [0.2, 0.25) is 0 Å². The maximum Gasteiger partial charge on any atom is 0.167 e. The van der Waals surface area contributed by atoms with Crippen LogP contribution >= 0.6 is 0 Å². The normalized spacial score (nSPS) is 41.5. The van der Waals surface area contributed by atoms with Gasteiger partial charge in [0.05, 0.1) is 13.2 Å². The Kier molecular flexibility index (Phi) is 2.88. The predicted octanol–water partition coefficient (Wildman–Crippen LogP) is 2.68. The van der Waals surface area contributed by atoms with Gasteiger partial charge in [-0.05, 0) is 43.2 Å². The van der Waals surface area contributed by atoms with Crippen molar-refractivity contribution in [2.24, 2.45) is 11.8 Å². The summed E-state index contributed by atoms with van der Waals surface area (Å²) in [6.07, 6.45) is 7.48. The molecule has 3 fully saturated rings. The van der Waals surface area contributed by atoms with Crippen LogP contribution in [0.5, 0.6) is 11.5 Å². The van der Waals surface area contributed by atoms with Gasteiger partial charge in [-0.3, -0.25) is 0 Å². The van der Waals surface area contributed by atoms with Gasteiger partial charge in [0.25, 0.3) is 0 Å². The lowest BCUT2D eigenvalue weighted by Crippen LogP contribution is -2.55. The summed E-state index contributed by atoms with van der Waals surface area (Å²) < 4.78 is 14.5. The van der Waals surface area contributed by atoms with Gasteiger partial charge in [0.1, 0.15) is 19.4 Å². The molecule has 1 N–H and O–H groups in total. The Hall–Kier alpha value is -1.55. The van der Waals surface area contributed by atoms with Crippen molar-refractivity contribution < 1.29 is 19.2 Å². The number of rotatable bonds is 4. The number of hydrogen-bond acceptors (Lipinski definition) is 3. The van der Waals surface area contributed by atoms with Crippen molar-refractivity contribution in [3.05, 3.63) is 23.3 Å². The van der Waals surface area contributed by atoms with E-state index in [1.165, 1.54) is 30.4 Å². The molecular formula is C22H28NO3+. The fourth-order valence-electron chi connectivity index (χ4n) is 6.89.